The Hall–Kier alpha value is -2.20. The summed E-state index contributed by atoms with van der Waals surface area (Å²) in [7, 11) is 1.60. The van der Waals surface area contributed by atoms with Crippen molar-refractivity contribution < 1.29 is 9.90 Å². The van der Waals surface area contributed by atoms with Crippen LogP contribution in [-0.4, -0.2) is 18.1 Å². The predicted octanol–water partition coefficient (Wildman–Crippen LogP) is 3.02. The largest absolute Gasteiger partial charge is 0.506 e. The number of phenolic OH excluding ortho intramolecular Hbond substituents is 1. The summed E-state index contributed by atoms with van der Waals surface area (Å²) in [5, 5.41) is 15.5. The number of halogens is 1. The molecule has 0 unspecified atom stereocenters. The van der Waals surface area contributed by atoms with Crippen molar-refractivity contribution in [2.45, 2.75) is 6.54 Å². The van der Waals surface area contributed by atoms with Crippen LogP contribution in [-0.2, 0) is 6.54 Å². The average molecular weight is 291 g/mol. The van der Waals surface area contributed by atoms with Crippen LogP contribution in [0.15, 0.2) is 42.5 Å². The molecule has 0 bridgehead atoms. The van der Waals surface area contributed by atoms with Gasteiger partial charge in [-0.15, -0.1) is 0 Å². The van der Waals surface area contributed by atoms with Crippen LogP contribution < -0.4 is 10.6 Å². The quantitative estimate of drug-likeness (QED) is 0.811. The maximum atomic E-state index is 11.4. The van der Waals surface area contributed by atoms with E-state index in [9.17, 15) is 9.90 Å². The van der Waals surface area contributed by atoms with Crippen molar-refractivity contribution in [2.75, 3.05) is 12.4 Å². The van der Waals surface area contributed by atoms with Gasteiger partial charge in [0.05, 0.1) is 5.02 Å². The molecule has 5 heteroatoms. The van der Waals surface area contributed by atoms with Crippen LogP contribution in [0.25, 0.3) is 0 Å². The Balaban J connectivity index is 2.00. The predicted molar refractivity (Wildman–Crippen MR) is 80.3 cm³/mol. The lowest BCUT2D eigenvalue weighted by Crippen LogP contribution is -2.17. The Labute approximate surface area is 122 Å². The van der Waals surface area contributed by atoms with Crippen molar-refractivity contribution in [1.29, 1.82) is 0 Å². The fourth-order valence-electron chi connectivity index (χ4n) is 1.75. The SMILES string of the molecule is CNC(=O)c1ccc(NCc2ccc(O)c(Cl)c2)cc1. The molecular weight excluding hydrogens is 276 g/mol. The molecule has 0 heterocycles. The normalized spacial score (nSPS) is 10.1. The molecule has 0 aliphatic carbocycles. The van der Waals surface area contributed by atoms with Crippen LogP contribution in [0.5, 0.6) is 5.75 Å². The zero-order valence-electron chi connectivity index (χ0n) is 11.0. The molecule has 0 fully saturated rings. The molecule has 0 aromatic heterocycles. The summed E-state index contributed by atoms with van der Waals surface area (Å²) in [5.74, 6) is -0.0350. The number of benzene rings is 2. The summed E-state index contributed by atoms with van der Waals surface area (Å²) < 4.78 is 0. The molecule has 0 saturated heterocycles. The van der Waals surface area contributed by atoms with Crippen LogP contribution in [0.4, 0.5) is 5.69 Å². The molecule has 104 valence electrons. The zero-order chi connectivity index (χ0) is 14.5. The van der Waals surface area contributed by atoms with Gasteiger partial charge in [0.15, 0.2) is 0 Å². The van der Waals surface area contributed by atoms with Crippen LogP contribution in [0, 0.1) is 0 Å². The second-order valence-corrected chi connectivity index (χ2v) is 4.70. The fraction of sp³-hybridized carbons (Fsp3) is 0.133. The Morgan fingerprint density at radius 2 is 1.90 bits per heavy atom. The molecule has 3 N–H and O–H groups in total. The molecule has 0 atom stereocenters. The highest BCUT2D eigenvalue weighted by Crippen LogP contribution is 2.24. The van der Waals surface area contributed by atoms with Gasteiger partial charge in [-0.05, 0) is 42.0 Å². The van der Waals surface area contributed by atoms with E-state index in [1.54, 1.807) is 37.4 Å². The van der Waals surface area contributed by atoms with Crippen LogP contribution in [0.1, 0.15) is 15.9 Å². The highest BCUT2D eigenvalue weighted by atomic mass is 35.5. The van der Waals surface area contributed by atoms with Crippen molar-refractivity contribution in [2.24, 2.45) is 0 Å². The first-order chi connectivity index (χ1) is 9.60. The molecule has 0 aliphatic heterocycles. The summed E-state index contributed by atoms with van der Waals surface area (Å²) in [6.07, 6.45) is 0. The monoisotopic (exact) mass is 290 g/mol. The molecule has 0 radical (unpaired) electrons. The van der Waals surface area contributed by atoms with Crippen LogP contribution in [0.2, 0.25) is 5.02 Å². The van der Waals surface area contributed by atoms with Gasteiger partial charge in [0.1, 0.15) is 5.75 Å². The second kappa shape index (κ2) is 6.30. The number of amides is 1. The van der Waals surface area contributed by atoms with Gasteiger partial charge in [0.25, 0.3) is 5.91 Å². The summed E-state index contributed by atoms with van der Waals surface area (Å²) >= 11 is 5.84. The molecular formula is C15H15ClN2O2. The van der Waals surface area contributed by atoms with Gasteiger partial charge in [-0.25, -0.2) is 0 Å². The van der Waals surface area contributed by atoms with Gasteiger partial charge in [-0.3, -0.25) is 4.79 Å². The number of hydrogen-bond donors (Lipinski definition) is 3. The smallest absolute Gasteiger partial charge is 0.251 e. The lowest BCUT2D eigenvalue weighted by atomic mass is 10.1. The van der Waals surface area contributed by atoms with Gasteiger partial charge in [-0.1, -0.05) is 17.7 Å². The third kappa shape index (κ3) is 3.42. The second-order valence-electron chi connectivity index (χ2n) is 4.30. The standard InChI is InChI=1S/C15H15ClN2O2/c1-17-15(20)11-3-5-12(6-4-11)18-9-10-2-7-14(19)13(16)8-10/h2-8,18-19H,9H2,1H3,(H,17,20). The minimum atomic E-state index is -0.109. The first kappa shape index (κ1) is 14.2. The Bertz CT molecular complexity index is 612. The Morgan fingerprint density at radius 1 is 1.20 bits per heavy atom. The number of carbonyl (C=O) groups excluding carboxylic acids is 1. The van der Waals surface area contributed by atoms with Gasteiger partial charge in [0, 0.05) is 24.8 Å². The first-order valence-corrected chi connectivity index (χ1v) is 6.51. The van der Waals surface area contributed by atoms with E-state index in [0.29, 0.717) is 17.1 Å². The van der Waals surface area contributed by atoms with E-state index in [1.807, 2.05) is 12.1 Å². The third-order valence-corrected chi connectivity index (χ3v) is 3.19. The molecule has 0 aliphatic rings. The minimum Gasteiger partial charge on any atom is -0.506 e. The van der Waals surface area contributed by atoms with E-state index < -0.39 is 0 Å². The van der Waals surface area contributed by atoms with Crippen molar-refractivity contribution in [1.82, 2.24) is 5.32 Å². The van der Waals surface area contributed by atoms with Gasteiger partial charge < -0.3 is 15.7 Å². The average Bonchev–Trinajstić information content (AvgIpc) is 2.48. The topological polar surface area (TPSA) is 61.4 Å². The number of carbonyl (C=O) groups is 1. The van der Waals surface area contributed by atoms with E-state index in [2.05, 4.69) is 10.6 Å². The van der Waals surface area contributed by atoms with Crippen LogP contribution >= 0.6 is 11.6 Å². The highest BCUT2D eigenvalue weighted by molar-refractivity contribution is 6.32. The third-order valence-electron chi connectivity index (χ3n) is 2.88. The van der Waals surface area contributed by atoms with Gasteiger partial charge >= 0.3 is 0 Å². The van der Waals surface area contributed by atoms with Crippen molar-refractivity contribution in [3.8, 4) is 5.75 Å². The van der Waals surface area contributed by atoms with E-state index >= 15 is 0 Å². The molecule has 4 nitrogen and oxygen atoms in total. The summed E-state index contributed by atoms with van der Waals surface area (Å²) in [4.78, 5) is 11.4. The molecule has 2 aromatic rings. The van der Waals surface area contributed by atoms with Crippen molar-refractivity contribution >= 4 is 23.2 Å². The Morgan fingerprint density at radius 3 is 2.50 bits per heavy atom. The number of anilines is 1. The van der Waals surface area contributed by atoms with Crippen molar-refractivity contribution in [3.63, 3.8) is 0 Å². The minimum absolute atomic E-state index is 0.0744. The summed E-state index contributed by atoms with van der Waals surface area (Å²) in [6.45, 7) is 0.583. The number of aromatic hydroxyl groups is 1. The molecule has 20 heavy (non-hydrogen) atoms. The van der Waals surface area contributed by atoms with Crippen molar-refractivity contribution in [3.05, 3.63) is 58.6 Å². The number of hydrogen-bond acceptors (Lipinski definition) is 3. The molecule has 1 amide bonds. The van der Waals surface area contributed by atoms with Gasteiger partial charge in [0.2, 0.25) is 0 Å². The van der Waals surface area contributed by atoms with E-state index in [0.717, 1.165) is 11.3 Å². The van der Waals surface area contributed by atoms with E-state index in [-0.39, 0.29) is 11.7 Å². The maximum Gasteiger partial charge on any atom is 0.251 e. The van der Waals surface area contributed by atoms with Gasteiger partial charge in [-0.2, -0.15) is 0 Å². The number of rotatable bonds is 4. The highest BCUT2D eigenvalue weighted by Gasteiger charge is 2.03. The lowest BCUT2D eigenvalue weighted by molar-refractivity contribution is 0.0963. The number of nitrogens with one attached hydrogen (secondary N) is 2. The van der Waals surface area contributed by atoms with Crippen LogP contribution in [0.3, 0.4) is 0 Å². The molecule has 2 rings (SSSR count). The lowest BCUT2D eigenvalue weighted by Gasteiger charge is -2.08. The fourth-order valence-corrected chi connectivity index (χ4v) is 1.95. The molecule has 0 spiro atoms. The van der Waals surface area contributed by atoms with E-state index in [1.165, 1.54) is 0 Å². The van der Waals surface area contributed by atoms with E-state index in [4.69, 9.17) is 11.6 Å². The zero-order valence-corrected chi connectivity index (χ0v) is 11.7. The Kier molecular flexibility index (Phi) is 4.48. The first-order valence-electron chi connectivity index (χ1n) is 6.13. The summed E-state index contributed by atoms with van der Waals surface area (Å²) in [6, 6.07) is 12.3. The molecule has 0 saturated carbocycles. The summed E-state index contributed by atoms with van der Waals surface area (Å²) in [5.41, 5.74) is 2.48. The number of phenols is 1. The maximum absolute atomic E-state index is 11.4. The molecule has 2 aromatic carbocycles.